The van der Waals surface area contributed by atoms with E-state index in [9.17, 15) is 18.0 Å². The van der Waals surface area contributed by atoms with Gasteiger partial charge in [-0.2, -0.15) is 13.2 Å². The van der Waals surface area contributed by atoms with Gasteiger partial charge in [-0.1, -0.05) is 12.1 Å². The van der Waals surface area contributed by atoms with Gasteiger partial charge in [0.25, 0.3) is 0 Å². The number of ether oxygens (including phenoxy) is 1. The molecule has 2 saturated heterocycles. The van der Waals surface area contributed by atoms with Crippen LogP contribution in [0.1, 0.15) is 30.9 Å². The van der Waals surface area contributed by atoms with Gasteiger partial charge in [0.1, 0.15) is 0 Å². The number of benzene rings is 1. The number of carbonyl (C=O) groups is 1. The average Bonchev–Trinajstić information content (AvgIpc) is 3.08. The van der Waals surface area contributed by atoms with Crippen molar-refractivity contribution in [3.05, 3.63) is 29.8 Å². The standard InChI is InChI=1S/C15H17F3N2O2/c16-15(17,18)6-5-13(21)20-10-3-1-9(2-4-10)14-12-7-11(22-14)8-19-12/h1-4,11-12,14,19H,5-8H2,(H,20,21)/t11-,12-,14+/m0/s1. The predicted octanol–water partition coefficient (Wildman–Crippen LogP) is 2.77. The number of amides is 1. The Bertz CT molecular complexity index is 545. The Labute approximate surface area is 126 Å². The minimum Gasteiger partial charge on any atom is -0.367 e. The van der Waals surface area contributed by atoms with Crippen LogP contribution in [-0.2, 0) is 9.53 Å². The molecular formula is C15H17F3N2O2. The molecular weight excluding hydrogens is 297 g/mol. The second-order valence-corrected chi connectivity index (χ2v) is 5.71. The molecule has 1 amide bonds. The van der Waals surface area contributed by atoms with Gasteiger partial charge in [0.15, 0.2) is 0 Å². The zero-order valence-electron chi connectivity index (χ0n) is 11.8. The Morgan fingerprint density at radius 2 is 2.05 bits per heavy atom. The zero-order chi connectivity index (χ0) is 15.7. The third-order valence-corrected chi connectivity index (χ3v) is 3.99. The van der Waals surface area contributed by atoms with E-state index in [4.69, 9.17) is 4.74 Å². The van der Waals surface area contributed by atoms with Crippen molar-refractivity contribution in [2.75, 3.05) is 11.9 Å². The first kappa shape index (κ1) is 15.3. The van der Waals surface area contributed by atoms with Gasteiger partial charge < -0.3 is 15.4 Å². The van der Waals surface area contributed by atoms with Gasteiger partial charge in [0.2, 0.25) is 5.91 Å². The van der Waals surface area contributed by atoms with Gasteiger partial charge in [-0.25, -0.2) is 0 Å². The van der Waals surface area contributed by atoms with Gasteiger partial charge in [0.05, 0.1) is 18.6 Å². The van der Waals surface area contributed by atoms with Crippen LogP contribution >= 0.6 is 0 Å². The third kappa shape index (κ3) is 3.59. The Morgan fingerprint density at radius 3 is 2.59 bits per heavy atom. The van der Waals surface area contributed by atoms with Gasteiger partial charge in [0, 0.05) is 24.7 Å². The monoisotopic (exact) mass is 314 g/mol. The maximum Gasteiger partial charge on any atom is 0.389 e. The van der Waals surface area contributed by atoms with E-state index in [1.165, 1.54) is 0 Å². The summed E-state index contributed by atoms with van der Waals surface area (Å²) in [4.78, 5) is 11.5. The highest BCUT2D eigenvalue weighted by molar-refractivity contribution is 5.90. The summed E-state index contributed by atoms with van der Waals surface area (Å²) >= 11 is 0. The summed E-state index contributed by atoms with van der Waals surface area (Å²) in [6.07, 6.45) is -4.72. The molecule has 120 valence electrons. The van der Waals surface area contributed by atoms with Crippen LogP contribution in [0.5, 0.6) is 0 Å². The maximum absolute atomic E-state index is 12.1. The van der Waals surface area contributed by atoms with Crippen LogP contribution < -0.4 is 10.6 Å². The minimum absolute atomic E-state index is 0.00808. The van der Waals surface area contributed by atoms with Crippen molar-refractivity contribution in [3.63, 3.8) is 0 Å². The first-order chi connectivity index (χ1) is 10.4. The van der Waals surface area contributed by atoms with E-state index in [1.807, 2.05) is 12.1 Å². The van der Waals surface area contributed by atoms with Crippen LogP contribution in [-0.4, -0.2) is 30.8 Å². The number of nitrogens with one attached hydrogen (secondary N) is 2. The van der Waals surface area contributed by atoms with Crippen LogP contribution in [0.3, 0.4) is 0 Å². The van der Waals surface area contributed by atoms with Crippen molar-refractivity contribution in [1.82, 2.24) is 5.32 Å². The first-order valence-corrected chi connectivity index (χ1v) is 7.26. The fraction of sp³-hybridized carbons (Fsp3) is 0.533. The molecule has 2 aliphatic rings. The highest BCUT2D eigenvalue weighted by atomic mass is 19.4. The number of halogens is 3. The molecule has 0 spiro atoms. The summed E-state index contributed by atoms with van der Waals surface area (Å²) in [5.41, 5.74) is 1.50. The highest BCUT2D eigenvalue weighted by Gasteiger charge is 2.41. The number of alkyl halides is 3. The van der Waals surface area contributed by atoms with Crippen molar-refractivity contribution in [3.8, 4) is 0 Å². The maximum atomic E-state index is 12.1. The van der Waals surface area contributed by atoms with Gasteiger partial charge in [-0.3, -0.25) is 4.79 Å². The number of morpholine rings is 1. The molecule has 0 unspecified atom stereocenters. The lowest BCUT2D eigenvalue weighted by molar-refractivity contribution is -0.142. The van der Waals surface area contributed by atoms with Crippen LogP contribution in [0, 0.1) is 0 Å². The van der Waals surface area contributed by atoms with E-state index in [0.29, 0.717) is 11.7 Å². The molecule has 2 bridgehead atoms. The predicted molar refractivity (Wildman–Crippen MR) is 74.4 cm³/mol. The summed E-state index contributed by atoms with van der Waals surface area (Å²) < 4.78 is 42.0. The van der Waals surface area contributed by atoms with Crippen LogP contribution in [0.15, 0.2) is 24.3 Å². The molecule has 7 heteroatoms. The van der Waals surface area contributed by atoms with Crippen molar-refractivity contribution in [1.29, 1.82) is 0 Å². The van der Waals surface area contributed by atoms with E-state index in [0.717, 1.165) is 18.5 Å². The lowest BCUT2D eigenvalue weighted by atomic mass is 10.0. The summed E-state index contributed by atoms with van der Waals surface area (Å²) in [6, 6.07) is 7.38. The van der Waals surface area contributed by atoms with E-state index in [2.05, 4.69) is 10.6 Å². The molecule has 1 aromatic carbocycles. The molecule has 3 atom stereocenters. The van der Waals surface area contributed by atoms with Crippen LogP contribution in [0.2, 0.25) is 0 Å². The topological polar surface area (TPSA) is 50.4 Å². The highest BCUT2D eigenvalue weighted by Crippen LogP contribution is 2.37. The number of anilines is 1. The summed E-state index contributed by atoms with van der Waals surface area (Å²) in [5.74, 6) is -0.636. The number of carbonyl (C=O) groups excluding carboxylic acids is 1. The number of rotatable bonds is 4. The van der Waals surface area contributed by atoms with Crippen molar-refractivity contribution in [2.24, 2.45) is 0 Å². The molecule has 22 heavy (non-hydrogen) atoms. The second kappa shape index (κ2) is 5.89. The normalized spacial score (nSPS) is 27.1. The molecule has 2 N–H and O–H groups in total. The SMILES string of the molecule is O=C(CCC(F)(F)F)Nc1ccc([C@H]2O[C@@H]3CN[C@H]2C3)cc1. The summed E-state index contributed by atoms with van der Waals surface area (Å²) in [6.45, 7) is 0.883. The quantitative estimate of drug-likeness (QED) is 0.898. The minimum atomic E-state index is -4.31. The molecule has 3 rings (SSSR count). The fourth-order valence-electron chi connectivity index (χ4n) is 2.91. The largest absolute Gasteiger partial charge is 0.389 e. The Balaban J connectivity index is 1.54. The van der Waals surface area contributed by atoms with Crippen molar-refractivity contribution >= 4 is 11.6 Å². The van der Waals surface area contributed by atoms with Gasteiger partial charge >= 0.3 is 6.18 Å². The van der Waals surface area contributed by atoms with Crippen molar-refractivity contribution in [2.45, 2.75) is 43.7 Å². The third-order valence-electron chi connectivity index (χ3n) is 3.99. The van der Waals surface area contributed by atoms with Crippen molar-refractivity contribution < 1.29 is 22.7 Å². The molecule has 4 nitrogen and oxygen atoms in total. The van der Waals surface area contributed by atoms with E-state index in [1.54, 1.807) is 12.1 Å². The van der Waals surface area contributed by atoms with E-state index < -0.39 is 24.9 Å². The molecule has 0 aliphatic carbocycles. The Morgan fingerprint density at radius 1 is 1.32 bits per heavy atom. The molecule has 2 aliphatic heterocycles. The molecule has 1 aromatic rings. The van der Waals surface area contributed by atoms with Gasteiger partial charge in [-0.15, -0.1) is 0 Å². The lowest BCUT2D eigenvalue weighted by Crippen LogP contribution is -2.33. The zero-order valence-corrected chi connectivity index (χ0v) is 11.8. The Kier molecular flexibility index (Phi) is 4.10. The summed E-state index contributed by atoms with van der Waals surface area (Å²) in [5, 5.41) is 5.85. The van der Waals surface area contributed by atoms with Crippen LogP contribution in [0.25, 0.3) is 0 Å². The lowest BCUT2D eigenvalue weighted by Gasteiger charge is -2.23. The van der Waals surface area contributed by atoms with Gasteiger partial charge in [-0.05, 0) is 24.1 Å². The molecule has 0 radical (unpaired) electrons. The first-order valence-electron chi connectivity index (χ1n) is 7.26. The summed E-state index contributed by atoms with van der Waals surface area (Å²) in [7, 11) is 0. The van der Waals surface area contributed by atoms with E-state index >= 15 is 0 Å². The Hall–Kier alpha value is -1.60. The molecule has 0 saturated carbocycles. The van der Waals surface area contributed by atoms with Crippen LogP contribution in [0.4, 0.5) is 18.9 Å². The molecule has 0 aromatic heterocycles. The molecule has 2 fully saturated rings. The average molecular weight is 314 g/mol. The number of hydrogen-bond acceptors (Lipinski definition) is 3. The number of hydrogen-bond donors (Lipinski definition) is 2. The number of fused-ring (bicyclic) bond motifs is 2. The van der Waals surface area contributed by atoms with E-state index in [-0.39, 0.29) is 12.2 Å². The second-order valence-electron chi connectivity index (χ2n) is 5.71. The fourth-order valence-corrected chi connectivity index (χ4v) is 2.91. The molecule has 2 heterocycles. The smallest absolute Gasteiger partial charge is 0.367 e.